The van der Waals surface area contributed by atoms with Crippen molar-refractivity contribution in [3.8, 4) is 0 Å². The summed E-state index contributed by atoms with van der Waals surface area (Å²) in [5.41, 5.74) is -1.13. The van der Waals surface area contributed by atoms with E-state index in [0.29, 0.717) is 4.47 Å². The molecule has 0 saturated carbocycles. The smallest absolute Gasteiger partial charge is 0.327 e. The van der Waals surface area contributed by atoms with E-state index in [-0.39, 0.29) is 5.56 Å². The number of hydrogen-bond donors (Lipinski definition) is 0. The fraction of sp³-hybridized carbons (Fsp3) is 0.455. The van der Waals surface area contributed by atoms with Gasteiger partial charge in [-0.25, -0.2) is 0 Å². The predicted octanol–water partition coefficient (Wildman–Crippen LogP) is 3.52. The van der Waals surface area contributed by atoms with Gasteiger partial charge in [0, 0.05) is 25.8 Å². The highest BCUT2D eigenvalue weighted by Gasteiger charge is 2.43. The zero-order valence-electron chi connectivity index (χ0n) is 9.97. The van der Waals surface area contributed by atoms with Crippen molar-refractivity contribution in [1.29, 1.82) is 0 Å². The lowest BCUT2D eigenvalue weighted by molar-refractivity contribution is -0.366. The molecule has 0 aliphatic carbocycles. The molecule has 0 aliphatic heterocycles. The standard InChI is InChI=1S/C11H12BrF3O3/c1-16-11(17-2,18-3)8-5-4-7(12)6-9(8)10(13,14)15/h4-6H,1-3H3. The quantitative estimate of drug-likeness (QED) is 0.791. The Hall–Kier alpha value is -0.630. The van der Waals surface area contributed by atoms with Crippen LogP contribution in [0.1, 0.15) is 11.1 Å². The molecule has 0 atom stereocenters. The Morgan fingerprint density at radius 2 is 1.44 bits per heavy atom. The Labute approximate surface area is 111 Å². The monoisotopic (exact) mass is 328 g/mol. The highest BCUT2D eigenvalue weighted by Crippen LogP contribution is 2.40. The summed E-state index contributed by atoms with van der Waals surface area (Å²) in [5, 5.41) is 0. The third-order valence-corrected chi connectivity index (χ3v) is 2.92. The van der Waals surface area contributed by atoms with E-state index in [2.05, 4.69) is 15.9 Å². The van der Waals surface area contributed by atoms with Crippen molar-refractivity contribution >= 4 is 15.9 Å². The van der Waals surface area contributed by atoms with Crippen molar-refractivity contribution in [2.24, 2.45) is 0 Å². The van der Waals surface area contributed by atoms with Crippen LogP contribution in [0.25, 0.3) is 0 Å². The summed E-state index contributed by atoms with van der Waals surface area (Å²) in [6.07, 6.45) is -4.54. The lowest BCUT2D eigenvalue weighted by Crippen LogP contribution is -2.35. The molecule has 7 heteroatoms. The number of alkyl halides is 3. The fourth-order valence-corrected chi connectivity index (χ4v) is 1.96. The van der Waals surface area contributed by atoms with Crippen LogP contribution in [0.5, 0.6) is 0 Å². The summed E-state index contributed by atoms with van der Waals surface area (Å²) in [6, 6.07) is 3.64. The van der Waals surface area contributed by atoms with Gasteiger partial charge in [-0.3, -0.25) is 0 Å². The first-order valence-electron chi connectivity index (χ1n) is 4.83. The van der Waals surface area contributed by atoms with E-state index < -0.39 is 17.7 Å². The van der Waals surface area contributed by atoms with E-state index in [4.69, 9.17) is 14.2 Å². The maximum atomic E-state index is 13.0. The maximum absolute atomic E-state index is 13.0. The molecule has 0 aromatic heterocycles. The molecule has 0 heterocycles. The van der Waals surface area contributed by atoms with Crippen molar-refractivity contribution < 1.29 is 27.4 Å². The van der Waals surface area contributed by atoms with Crippen LogP contribution in [-0.4, -0.2) is 21.3 Å². The van der Waals surface area contributed by atoms with Gasteiger partial charge >= 0.3 is 12.1 Å². The lowest BCUT2D eigenvalue weighted by Gasteiger charge is -2.31. The Balaban J connectivity index is 3.48. The molecule has 18 heavy (non-hydrogen) atoms. The second-order valence-electron chi connectivity index (χ2n) is 3.36. The SMILES string of the molecule is COC(OC)(OC)c1ccc(Br)cc1C(F)(F)F. The van der Waals surface area contributed by atoms with E-state index in [1.807, 2.05) is 0 Å². The highest BCUT2D eigenvalue weighted by atomic mass is 79.9. The molecule has 0 aliphatic rings. The highest BCUT2D eigenvalue weighted by molar-refractivity contribution is 9.10. The molecule has 0 unspecified atom stereocenters. The van der Waals surface area contributed by atoms with Gasteiger partial charge in [0.2, 0.25) is 0 Å². The first kappa shape index (κ1) is 15.4. The molecule has 0 fully saturated rings. The molecule has 0 N–H and O–H groups in total. The van der Waals surface area contributed by atoms with Crippen LogP contribution in [0, 0.1) is 0 Å². The van der Waals surface area contributed by atoms with Crippen molar-refractivity contribution in [2.45, 2.75) is 12.1 Å². The number of halogens is 4. The van der Waals surface area contributed by atoms with Crippen molar-refractivity contribution in [3.05, 3.63) is 33.8 Å². The summed E-state index contributed by atoms with van der Waals surface area (Å²) >= 11 is 3.00. The molecule has 0 saturated heterocycles. The van der Waals surface area contributed by atoms with Crippen LogP contribution in [0.2, 0.25) is 0 Å². The molecule has 1 aromatic rings. The van der Waals surface area contributed by atoms with Gasteiger partial charge in [0.15, 0.2) is 0 Å². The lowest BCUT2D eigenvalue weighted by atomic mass is 10.0. The van der Waals surface area contributed by atoms with Gasteiger partial charge in [-0.1, -0.05) is 15.9 Å². The minimum Gasteiger partial charge on any atom is -0.327 e. The molecule has 0 radical (unpaired) electrons. The molecular formula is C11H12BrF3O3. The molecule has 1 rings (SSSR count). The second kappa shape index (κ2) is 5.56. The minimum absolute atomic E-state index is 0.245. The number of rotatable bonds is 4. The van der Waals surface area contributed by atoms with Crippen molar-refractivity contribution in [1.82, 2.24) is 0 Å². The van der Waals surface area contributed by atoms with Crippen LogP contribution in [0.15, 0.2) is 22.7 Å². The first-order valence-corrected chi connectivity index (χ1v) is 5.62. The van der Waals surface area contributed by atoms with Gasteiger partial charge in [0.25, 0.3) is 0 Å². The Kier molecular flexibility index (Phi) is 4.77. The van der Waals surface area contributed by atoms with Gasteiger partial charge in [-0.2, -0.15) is 13.2 Å². The van der Waals surface area contributed by atoms with E-state index in [0.717, 1.165) is 6.07 Å². The molecule has 0 amide bonds. The normalized spacial score (nSPS) is 12.8. The van der Waals surface area contributed by atoms with Crippen LogP contribution in [0.4, 0.5) is 13.2 Å². The van der Waals surface area contributed by atoms with Gasteiger partial charge in [0.05, 0.1) is 11.1 Å². The molecule has 1 aromatic carbocycles. The third kappa shape index (κ3) is 2.85. The van der Waals surface area contributed by atoms with Crippen LogP contribution in [0.3, 0.4) is 0 Å². The number of benzene rings is 1. The van der Waals surface area contributed by atoms with Gasteiger partial charge in [-0.15, -0.1) is 0 Å². The summed E-state index contributed by atoms with van der Waals surface area (Å²) < 4.78 is 54.1. The molecular weight excluding hydrogens is 317 g/mol. The zero-order chi connectivity index (χ0) is 14.0. The topological polar surface area (TPSA) is 27.7 Å². The summed E-state index contributed by atoms with van der Waals surface area (Å²) in [5.74, 6) is -1.88. The minimum atomic E-state index is -4.54. The van der Waals surface area contributed by atoms with Crippen LogP contribution >= 0.6 is 15.9 Å². The van der Waals surface area contributed by atoms with E-state index in [1.165, 1.54) is 33.5 Å². The number of hydrogen-bond acceptors (Lipinski definition) is 3. The molecule has 102 valence electrons. The Morgan fingerprint density at radius 3 is 1.83 bits per heavy atom. The van der Waals surface area contributed by atoms with E-state index >= 15 is 0 Å². The molecule has 0 bridgehead atoms. The van der Waals surface area contributed by atoms with E-state index in [1.54, 1.807) is 0 Å². The van der Waals surface area contributed by atoms with Crippen molar-refractivity contribution in [2.75, 3.05) is 21.3 Å². The summed E-state index contributed by atoms with van der Waals surface area (Å²) in [6.45, 7) is 0. The average molecular weight is 329 g/mol. The Morgan fingerprint density at radius 1 is 0.944 bits per heavy atom. The molecule has 3 nitrogen and oxygen atoms in total. The average Bonchev–Trinajstić information content (AvgIpc) is 2.32. The van der Waals surface area contributed by atoms with Crippen molar-refractivity contribution in [3.63, 3.8) is 0 Å². The van der Waals surface area contributed by atoms with Crippen LogP contribution < -0.4 is 0 Å². The van der Waals surface area contributed by atoms with Gasteiger partial charge in [0.1, 0.15) is 0 Å². The largest absolute Gasteiger partial charge is 0.417 e. The summed E-state index contributed by atoms with van der Waals surface area (Å²) in [7, 11) is 3.61. The second-order valence-corrected chi connectivity index (χ2v) is 4.27. The maximum Gasteiger partial charge on any atom is 0.417 e. The van der Waals surface area contributed by atoms with Crippen LogP contribution in [-0.2, 0) is 26.4 Å². The first-order chi connectivity index (χ1) is 8.30. The number of methoxy groups -OCH3 is 3. The zero-order valence-corrected chi connectivity index (χ0v) is 11.6. The van der Waals surface area contributed by atoms with Gasteiger partial charge < -0.3 is 14.2 Å². The fourth-order valence-electron chi connectivity index (χ4n) is 1.60. The van der Waals surface area contributed by atoms with Gasteiger partial charge in [-0.05, 0) is 18.2 Å². The Bertz CT molecular complexity index is 408. The third-order valence-electron chi connectivity index (χ3n) is 2.42. The number of ether oxygens (including phenoxy) is 3. The predicted molar refractivity (Wildman–Crippen MR) is 61.8 cm³/mol. The van der Waals surface area contributed by atoms with E-state index in [9.17, 15) is 13.2 Å². The summed E-state index contributed by atoms with van der Waals surface area (Å²) in [4.78, 5) is 0. The molecule has 0 spiro atoms.